The Balaban J connectivity index is 2.30. The molecule has 0 spiro atoms. The van der Waals surface area contributed by atoms with Gasteiger partial charge in [-0.25, -0.2) is 0 Å². The number of rotatable bonds is 3. The molecule has 0 aliphatic carbocycles. The normalized spacial score (nSPS) is 9.89. The molecule has 0 nitrogen and oxygen atoms in total. The monoisotopic (exact) mass is 157 g/mol. The van der Waals surface area contributed by atoms with Gasteiger partial charge >= 0.3 is 0 Å². The lowest BCUT2D eigenvalue weighted by Crippen LogP contribution is -1.76. The third kappa shape index (κ3) is 2.41. The second-order valence-corrected chi connectivity index (χ2v) is 3.56. The number of thiophene rings is 1. The highest BCUT2D eigenvalue weighted by Gasteiger charge is 1.90. The molecule has 1 radical (unpaired) electrons. The maximum atomic E-state index is 2.25. The zero-order valence-electron chi connectivity index (χ0n) is 5.33. The molecule has 0 saturated heterocycles. The summed E-state index contributed by atoms with van der Waals surface area (Å²) in [7, 11) is 0. The lowest BCUT2D eigenvalue weighted by molar-refractivity contribution is 1.54. The molecule has 2 heteroatoms. The van der Waals surface area contributed by atoms with Gasteiger partial charge < -0.3 is 0 Å². The summed E-state index contributed by atoms with van der Waals surface area (Å²) < 4.78 is 0. The Kier molecular flexibility index (Phi) is 3.15. The van der Waals surface area contributed by atoms with E-state index in [1.165, 1.54) is 4.88 Å². The smallest absolute Gasteiger partial charge is 0.0108 e. The summed E-state index contributed by atoms with van der Waals surface area (Å²) in [6.07, 6.45) is 4.36. The molecule has 0 aliphatic rings. The third-order valence-corrected chi connectivity index (χ3v) is 2.36. The Bertz CT molecular complexity index is 144. The summed E-state index contributed by atoms with van der Waals surface area (Å²) >= 11 is 3.64. The van der Waals surface area contributed by atoms with Crippen LogP contribution in [0.3, 0.4) is 0 Å². The molecule has 1 heterocycles. The molecule has 1 aromatic rings. The van der Waals surface area contributed by atoms with Crippen molar-refractivity contribution in [3.63, 3.8) is 0 Å². The van der Waals surface area contributed by atoms with Gasteiger partial charge in [-0.3, -0.25) is 0 Å². The van der Waals surface area contributed by atoms with E-state index in [1.807, 2.05) is 11.8 Å². The fraction of sp³-hybridized carbons (Fsp3) is 0.286. The quantitative estimate of drug-likeness (QED) is 0.650. The van der Waals surface area contributed by atoms with Gasteiger partial charge in [0.05, 0.1) is 0 Å². The second kappa shape index (κ2) is 3.96. The van der Waals surface area contributed by atoms with Crippen LogP contribution in [0.4, 0.5) is 0 Å². The van der Waals surface area contributed by atoms with E-state index in [0.717, 1.165) is 5.75 Å². The van der Waals surface area contributed by atoms with Gasteiger partial charge in [-0.05, 0) is 17.7 Å². The lowest BCUT2D eigenvalue weighted by atomic mass is 10.4. The molecule has 0 saturated carbocycles. The number of hydrogen-bond donors (Lipinski definition) is 0. The first kappa shape index (κ1) is 7.16. The van der Waals surface area contributed by atoms with Crippen LogP contribution in [0.2, 0.25) is 0 Å². The summed E-state index contributed by atoms with van der Waals surface area (Å²) in [5.74, 6) is 1.13. The SMILES string of the molecule is CSC[CH]c1cccs1. The minimum atomic E-state index is 1.13. The van der Waals surface area contributed by atoms with Gasteiger partial charge in [0.2, 0.25) is 0 Å². The van der Waals surface area contributed by atoms with Crippen LogP contribution in [0.5, 0.6) is 0 Å². The van der Waals surface area contributed by atoms with E-state index in [-0.39, 0.29) is 0 Å². The van der Waals surface area contributed by atoms with Crippen LogP contribution in [0.1, 0.15) is 4.88 Å². The van der Waals surface area contributed by atoms with Crippen molar-refractivity contribution in [2.45, 2.75) is 0 Å². The largest absolute Gasteiger partial charge is 0.165 e. The highest BCUT2D eigenvalue weighted by Crippen LogP contribution is 2.12. The molecule has 0 N–H and O–H groups in total. The van der Waals surface area contributed by atoms with Crippen molar-refractivity contribution in [2.24, 2.45) is 0 Å². The molecule has 0 aliphatic heterocycles. The van der Waals surface area contributed by atoms with Crippen LogP contribution in [0, 0.1) is 6.42 Å². The van der Waals surface area contributed by atoms with Gasteiger partial charge in [0, 0.05) is 17.1 Å². The molecule has 0 amide bonds. The summed E-state index contributed by atoms with van der Waals surface area (Å²) in [6, 6.07) is 4.22. The van der Waals surface area contributed by atoms with E-state index in [9.17, 15) is 0 Å². The van der Waals surface area contributed by atoms with Crippen LogP contribution in [0.25, 0.3) is 0 Å². The van der Waals surface area contributed by atoms with E-state index >= 15 is 0 Å². The Morgan fingerprint density at radius 3 is 3.22 bits per heavy atom. The van der Waals surface area contributed by atoms with Crippen molar-refractivity contribution >= 4 is 23.1 Å². The molecular formula is C7H9S2. The maximum absolute atomic E-state index is 2.25. The average molecular weight is 157 g/mol. The molecular weight excluding hydrogens is 148 g/mol. The summed E-state index contributed by atoms with van der Waals surface area (Å²) in [5.41, 5.74) is 0. The molecule has 49 valence electrons. The Morgan fingerprint density at radius 1 is 1.78 bits per heavy atom. The van der Waals surface area contributed by atoms with Crippen molar-refractivity contribution < 1.29 is 0 Å². The summed E-state index contributed by atoms with van der Waals surface area (Å²) in [5, 5.41) is 2.10. The first-order valence-electron chi connectivity index (χ1n) is 2.79. The topological polar surface area (TPSA) is 0 Å². The Morgan fingerprint density at radius 2 is 2.67 bits per heavy atom. The van der Waals surface area contributed by atoms with Crippen molar-refractivity contribution in [1.29, 1.82) is 0 Å². The molecule has 0 fully saturated rings. The predicted octanol–water partition coefficient (Wildman–Crippen LogP) is 2.66. The van der Waals surface area contributed by atoms with E-state index in [2.05, 4.69) is 30.2 Å². The van der Waals surface area contributed by atoms with E-state index in [1.54, 1.807) is 11.3 Å². The van der Waals surface area contributed by atoms with Crippen LogP contribution in [-0.2, 0) is 0 Å². The molecule has 0 unspecified atom stereocenters. The first-order valence-corrected chi connectivity index (χ1v) is 5.06. The zero-order chi connectivity index (χ0) is 6.53. The highest BCUT2D eigenvalue weighted by atomic mass is 32.2. The first-order chi connectivity index (χ1) is 4.43. The molecule has 1 aromatic heterocycles. The van der Waals surface area contributed by atoms with Crippen molar-refractivity contribution in [1.82, 2.24) is 0 Å². The molecule has 0 aromatic carbocycles. The Labute approximate surface area is 64.3 Å². The maximum Gasteiger partial charge on any atom is 0.0108 e. The predicted molar refractivity (Wildman–Crippen MR) is 46.1 cm³/mol. The lowest BCUT2D eigenvalue weighted by Gasteiger charge is -1.89. The van der Waals surface area contributed by atoms with Gasteiger partial charge in [0.25, 0.3) is 0 Å². The van der Waals surface area contributed by atoms with Crippen LogP contribution < -0.4 is 0 Å². The van der Waals surface area contributed by atoms with Crippen LogP contribution in [0.15, 0.2) is 17.5 Å². The molecule has 0 bridgehead atoms. The Hall–Kier alpha value is 0.0500. The number of thioether (sulfide) groups is 1. The van der Waals surface area contributed by atoms with E-state index < -0.39 is 0 Å². The summed E-state index contributed by atoms with van der Waals surface area (Å²) in [4.78, 5) is 1.38. The minimum absolute atomic E-state index is 1.13. The third-order valence-electron chi connectivity index (χ3n) is 0.994. The van der Waals surface area contributed by atoms with Gasteiger partial charge in [-0.2, -0.15) is 11.8 Å². The van der Waals surface area contributed by atoms with Crippen molar-refractivity contribution in [3.8, 4) is 0 Å². The van der Waals surface area contributed by atoms with Crippen molar-refractivity contribution in [3.05, 3.63) is 28.8 Å². The van der Waals surface area contributed by atoms with Gasteiger partial charge in [-0.15, -0.1) is 11.3 Å². The van der Waals surface area contributed by atoms with E-state index in [0.29, 0.717) is 0 Å². The van der Waals surface area contributed by atoms with Gasteiger partial charge in [0.1, 0.15) is 0 Å². The fourth-order valence-electron chi connectivity index (χ4n) is 0.573. The second-order valence-electron chi connectivity index (χ2n) is 1.67. The van der Waals surface area contributed by atoms with Crippen LogP contribution in [-0.4, -0.2) is 12.0 Å². The fourth-order valence-corrected chi connectivity index (χ4v) is 1.68. The minimum Gasteiger partial charge on any atom is -0.165 e. The zero-order valence-corrected chi connectivity index (χ0v) is 6.97. The highest BCUT2D eigenvalue weighted by molar-refractivity contribution is 7.98. The summed E-state index contributed by atoms with van der Waals surface area (Å²) in [6.45, 7) is 0. The standard InChI is InChI=1S/C7H9S2/c1-8-6-4-7-3-2-5-9-7/h2-5H,6H2,1H3. The van der Waals surface area contributed by atoms with Gasteiger partial charge in [-0.1, -0.05) is 6.07 Å². The van der Waals surface area contributed by atoms with E-state index in [4.69, 9.17) is 0 Å². The van der Waals surface area contributed by atoms with Crippen molar-refractivity contribution in [2.75, 3.05) is 12.0 Å². The molecule has 9 heavy (non-hydrogen) atoms. The van der Waals surface area contributed by atoms with Crippen LogP contribution >= 0.6 is 23.1 Å². The number of hydrogen-bond acceptors (Lipinski definition) is 2. The average Bonchev–Trinajstić information content (AvgIpc) is 2.34. The molecule has 0 atom stereocenters. The molecule has 1 rings (SSSR count). The van der Waals surface area contributed by atoms with Gasteiger partial charge in [0.15, 0.2) is 0 Å².